The first-order valence-electron chi connectivity index (χ1n) is 6.20. The number of amides is 1. The van der Waals surface area contributed by atoms with Crippen molar-refractivity contribution < 1.29 is 4.79 Å². The standard InChI is InChI=1S/C13H17N3OS/c1-2-7-16(10-4-5-10)13(17)11-6-3-9(8-15-11)12(14)18/h3,6,8,10H,2,4-5,7H2,1H3,(H2,14,18). The average molecular weight is 263 g/mol. The number of rotatable bonds is 5. The Balaban J connectivity index is 2.13. The SMILES string of the molecule is CCCN(C(=O)c1ccc(C(N)=S)cn1)C1CC1. The van der Waals surface area contributed by atoms with Crippen molar-refractivity contribution in [3.05, 3.63) is 29.6 Å². The molecule has 0 radical (unpaired) electrons. The van der Waals surface area contributed by atoms with Crippen molar-refractivity contribution in [3.63, 3.8) is 0 Å². The Labute approximate surface area is 112 Å². The summed E-state index contributed by atoms with van der Waals surface area (Å²) in [7, 11) is 0. The zero-order chi connectivity index (χ0) is 13.1. The molecular formula is C13H17N3OS. The smallest absolute Gasteiger partial charge is 0.272 e. The number of hydrogen-bond donors (Lipinski definition) is 1. The number of nitrogens with zero attached hydrogens (tertiary/aromatic N) is 2. The Morgan fingerprint density at radius 2 is 2.28 bits per heavy atom. The van der Waals surface area contributed by atoms with Crippen LogP contribution in [0.1, 0.15) is 42.2 Å². The van der Waals surface area contributed by atoms with Crippen LogP contribution in [-0.2, 0) is 0 Å². The van der Waals surface area contributed by atoms with Gasteiger partial charge in [0.25, 0.3) is 5.91 Å². The van der Waals surface area contributed by atoms with Gasteiger partial charge in [-0.1, -0.05) is 19.1 Å². The first-order chi connectivity index (χ1) is 8.63. The fourth-order valence-electron chi connectivity index (χ4n) is 1.89. The van der Waals surface area contributed by atoms with Gasteiger partial charge in [0.15, 0.2) is 0 Å². The molecule has 5 heteroatoms. The van der Waals surface area contributed by atoms with Crippen LogP contribution in [0.5, 0.6) is 0 Å². The lowest BCUT2D eigenvalue weighted by Gasteiger charge is -2.21. The van der Waals surface area contributed by atoms with E-state index in [1.807, 2.05) is 4.90 Å². The van der Waals surface area contributed by atoms with Crippen molar-refractivity contribution in [1.82, 2.24) is 9.88 Å². The van der Waals surface area contributed by atoms with Gasteiger partial charge in [-0.25, -0.2) is 0 Å². The molecule has 1 aromatic rings. The molecule has 1 fully saturated rings. The molecule has 0 aliphatic heterocycles. The molecule has 1 saturated carbocycles. The molecule has 1 aliphatic carbocycles. The molecule has 1 aromatic heterocycles. The second-order valence-electron chi connectivity index (χ2n) is 4.53. The van der Waals surface area contributed by atoms with Gasteiger partial charge in [-0.3, -0.25) is 9.78 Å². The highest BCUT2D eigenvalue weighted by Crippen LogP contribution is 2.28. The van der Waals surface area contributed by atoms with Gasteiger partial charge in [0, 0.05) is 24.3 Å². The molecule has 2 rings (SSSR count). The van der Waals surface area contributed by atoms with E-state index in [1.165, 1.54) is 0 Å². The first kappa shape index (κ1) is 13.0. The van der Waals surface area contributed by atoms with Gasteiger partial charge in [-0.2, -0.15) is 0 Å². The molecule has 0 saturated heterocycles. The van der Waals surface area contributed by atoms with E-state index < -0.39 is 0 Å². The van der Waals surface area contributed by atoms with Crippen molar-refractivity contribution in [2.75, 3.05) is 6.54 Å². The minimum atomic E-state index is 0.00818. The van der Waals surface area contributed by atoms with E-state index in [-0.39, 0.29) is 5.91 Å². The van der Waals surface area contributed by atoms with Crippen LogP contribution in [0.2, 0.25) is 0 Å². The molecular weight excluding hydrogens is 246 g/mol. The number of hydrogen-bond acceptors (Lipinski definition) is 3. The molecule has 18 heavy (non-hydrogen) atoms. The number of carbonyl (C=O) groups excluding carboxylic acids is 1. The summed E-state index contributed by atoms with van der Waals surface area (Å²) in [5.74, 6) is 0.00818. The molecule has 1 aliphatic rings. The van der Waals surface area contributed by atoms with E-state index >= 15 is 0 Å². The van der Waals surface area contributed by atoms with E-state index in [4.69, 9.17) is 18.0 Å². The van der Waals surface area contributed by atoms with E-state index in [1.54, 1.807) is 18.3 Å². The Kier molecular flexibility index (Phi) is 3.91. The van der Waals surface area contributed by atoms with Crippen molar-refractivity contribution >= 4 is 23.1 Å². The molecule has 0 unspecified atom stereocenters. The Hall–Kier alpha value is -1.49. The molecule has 1 amide bonds. The molecule has 2 N–H and O–H groups in total. The lowest BCUT2D eigenvalue weighted by molar-refractivity contribution is 0.0737. The zero-order valence-corrected chi connectivity index (χ0v) is 11.2. The Morgan fingerprint density at radius 3 is 2.72 bits per heavy atom. The summed E-state index contributed by atoms with van der Waals surface area (Å²) in [6, 6.07) is 3.86. The predicted octanol–water partition coefficient (Wildman–Crippen LogP) is 1.73. The molecule has 0 spiro atoms. The lowest BCUT2D eigenvalue weighted by atomic mass is 10.2. The van der Waals surface area contributed by atoms with Crippen LogP contribution in [0.4, 0.5) is 0 Å². The highest BCUT2D eigenvalue weighted by atomic mass is 32.1. The predicted molar refractivity (Wildman–Crippen MR) is 74.5 cm³/mol. The number of aromatic nitrogens is 1. The average Bonchev–Trinajstić information content (AvgIpc) is 3.19. The summed E-state index contributed by atoms with van der Waals surface area (Å²) >= 11 is 4.86. The maximum absolute atomic E-state index is 12.3. The third-order valence-electron chi connectivity index (χ3n) is 2.98. The molecule has 4 nitrogen and oxygen atoms in total. The molecule has 1 heterocycles. The monoisotopic (exact) mass is 263 g/mol. The van der Waals surface area contributed by atoms with E-state index in [9.17, 15) is 4.79 Å². The summed E-state index contributed by atoms with van der Waals surface area (Å²) in [4.78, 5) is 18.7. The Bertz CT molecular complexity index is 454. The molecule has 0 bridgehead atoms. The largest absolute Gasteiger partial charge is 0.389 e. The molecule has 96 valence electrons. The van der Waals surface area contributed by atoms with Gasteiger partial charge in [0.05, 0.1) is 0 Å². The summed E-state index contributed by atoms with van der Waals surface area (Å²) in [5.41, 5.74) is 6.66. The summed E-state index contributed by atoms with van der Waals surface area (Å²) < 4.78 is 0. The van der Waals surface area contributed by atoms with Gasteiger partial charge >= 0.3 is 0 Å². The van der Waals surface area contributed by atoms with Crippen molar-refractivity contribution in [2.45, 2.75) is 32.2 Å². The van der Waals surface area contributed by atoms with Crippen LogP contribution < -0.4 is 5.73 Å². The van der Waals surface area contributed by atoms with Crippen LogP contribution in [0.15, 0.2) is 18.3 Å². The topological polar surface area (TPSA) is 59.2 Å². The van der Waals surface area contributed by atoms with Crippen LogP contribution in [0.3, 0.4) is 0 Å². The molecule has 0 aromatic carbocycles. The van der Waals surface area contributed by atoms with Gasteiger partial charge in [0.2, 0.25) is 0 Å². The number of carbonyl (C=O) groups is 1. The number of nitrogens with two attached hydrogens (primary N) is 1. The number of thiocarbonyl (C=S) groups is 1. The quantitative estimate of drug-likeness (QED) is 0.822. The van der Waals surface area contributed by atoms with Gasteiger partial charge in [-0.15, -0.1) is 0 Å². The van der Waals surface area contributed by atoms with Crippen LogP contribution in [0.25, 0.3) is 0 Å². The summed E-state index contributed by atoms with van der Waals surface area (Å²) in [6.45, 7) is 2.87. The minimum absolute atomic E-state index is 0.00818. The van der Waals surface area contributed by atoms with Crippen LogP contribution in [-0.4, -0.2) is 33.4 Å². The third-order valence-corrected chi connectivity index (χ3v) is 3.22. The van der Waals surface area contributed by atoms with Gasteiger partial charge < -0.3 is 10.6 Å². The lowest BCUT2D eigenvalue weighted by Crippen LogP contribution is -2.34. The van der Waals surface area contributed by atoms with E-state index in [2.05, 4.69) is 11.9 Å². The van der Waals surface area contributed by atoms with Crippen LogP contribution in [0, 0.1) is 0 Å². The normalized spacial score (nSPS) is 14.3. The summed E-state index contributed by atoms with van der Waals surface area (Å²) in [6.07, 6.45) is 4.74. The van der Waals surface area contributed by atoms with Crippen molar-refractivity contribution in [3.8, 4) is 0 Å². The fourth-order valence-corrected chi connectivity index (χ4v) is 2.01. The van der Waals surface area contributed by atoms with Crippen molar-refractivity contribution in [2.24, 2.45) is 5.73 Å². The first-order valence-corrected chi connectivity index (χ1v) is 6.61. The highest BCUT2D eigenvalue weighted by molar-refractivity contribution is 7.80. The Morgan fingerprint density at radius 1 is 1.56 bits per heavy atom. The fraction of sp³-hybridized carbons (Fsp3) is 0.462. The number of pyridine rings is 1. The minimum Gasteiger partial charge on any atom is -0.389 e. The molecule has 0 atom stereocenters. The van der Waals surface area contributed by atoms with Crippen molar-refractivity contribution in [1.29, 1.82) is 0 Å². The third kappa shape index (κ3) is 2.85. The second-order valence-corrected chi connectivity index (χ2v) is 4.97. The maximum Gasteiger partial charge on any atom is 0.272 e. The van der Waals surface area contributed by atoms with Crippen LogP contribution >= 0.6 is 12.2 Å². The van der Waals surface area contributed by atoms with E-state index in [0.717, 1.165) is 25.8 Å². The van der Waals surface area contributed by atoms with Gasteiger partial charge in [0.1, 0.15) is 10.7 Å². The summed E-state index contributed by atoms with van der Waals surface area (Å²) in [5, 5.41) is 0. The van der Waals surface area contributed by atoms with Gasteiger partial charge in [-0.05, 0) is 31.4 Å². The zero-order valence-electron chi connectivity index (χ0n) is 10.4. The second kappa shape index (κ2) is 5.44. The maximum atomic E-state index is 12.3. The highest BCUT2D eigenvalue weighted by Gasteiger charge is 2.32. The van der Waals surface area contributed by atoms with E-state index in [0.29, 0.717) is 22.3 Å².